The molecule has 2 N–H and O–H groups in total. The Hall–Kier alpha value is -3.67. The van der Waals surface area contributed by atoms with E-state index in [1.54, 1.807) is 0 Å². The van der Waals surface area contributed by atoms with Crippen molar-refractivity contribution in [1.82, 2.24) is 25.1 Å². The summed E-state index contributed by atoms with van der Waals surface area (Å²) in [7, 11) is 0. The molecule has 0 saturated heterocycles. The van der Waals surface area contributed by atoms with Crippen LogP contribution in [-0.4, -0.2) is 25.7 Å². The molecule has 0 spiro atoms. The molecule has 30 heavy (non-hydrogen) atoms. The minimum atomic E-state index is -0.189. The van der Waals surface area contributed by atoms with Gasteiger partial charge >= 0.3 is 0 Å². The first-order valence-electron chi connectivity index (χ1n) is 10.1. The van der Waals surface area contributed by atoms with Gasteiger partial charge in [-0.15, -0.1) is 0 Å². The van der Waals surface area contributed by atoms with E-state index in [9.17, 15) is 4.79 Å². The topological polar surface area (TPSA) is 75.6 Å². The van der Waals surface area contributed by atoms with Crippen LogP contribution in [0.15, 0.2) is 66.9 Å². The summed E-state index contributed by atoms with van der Waals surface area (Å²) in [5.74, 6) is 0.628. The van der Waals surface area contributed by atoms with Crippen LogP contribution >= 0.6 is 0 Å². The Balaban J connectivity index is 1.48. The number of aryl methyl sites for hydroxylation is 2. The Labute approximate surface area is 176 Å². The number of imidazole rings is 1. The summed E-state index contributed by atoms with van der Waals surface area (Å²) in [6, 6.07) is 19.3. The summed E-state index contributed by atoms with van der Waals surface area (Å²) >= 11 is 0. The molecule has 0 bridgehead atoms. The number of benzene rings is 2. The Morgan fingerprint density at radius 2 is 1.83 bits per heavy atom. The van der Waals surface area contributed by atoms with Gasteiger partial charge in [-0.05, 0) is 56.2 Å². The van der Waals surface area contributed by atoms with E-state index >= 15 is 0 Å². The molecule has 4 aromatic rings. The SMILES string of the molecule is CCC(NC(=O)c1ccc(-n2nc(C)cc2C)cc1)c1ncc(-c2ccccc2)[nH]1. The van der Waals surface area contributed by atoms with Crippen LogP contribution in [0, 0.1) is 13.8 Å². The third-order valence-corrected chi connectivity index (χ3v) is 5.11. The zero-order valence-electron chi connectivity index (χ0n) is 17.4. The first-order valence-corrected chi connectivity index (χ1v) is 10.1. The molecule has 0 aliphatic carbocycles. The average Bonchev–Trinajstić information content (AvgIpc) is 3.39. The predicted molar refractivity (Wildman–Crippen MR) is 118 cm³/mol. The van der Waals surface area contributed by atoms with Crippen molar-refractivity contribution in [1.29, 1.82) is 0 Å². The highest BCUT2D eigenvalue weighted by molar-refractivity contribution is 5.94. The lowest BCUT2D eigenvalue weighted by atomic mass is 10.1. The van der Waals surface area contributed by atoms with Crippen LogP contribution in [0.2, 0.25) is 0 Å². The van der Waals surface area contributed by atoms with Crippen LogP contribution < -0.4 is 5.32 Å². The first kappa shape index (κ1) is 19.6. The molecule has 0 aliphatic rings. The number of nitrogens with one attached hydrogen (secondary N) is 2. The van der Waals surface area contributed by atoms with E-state index in [2.05, 4.69) is 20.4 Å². The molecule has 6 nitrogen and oxygen atoms in total. The summed E-state index contributed by atoms with van der Waals surface area (Å²) in [4.78, 5) is 20.6. The Morgan fingerprint density at radius 3 is 2.47 bits per heavy atom. The van der Waals surface area contributed by atoms with Crippen molar-refractivity contribution in [2.24, 2.45) is 0 Å². The Kier molecular flexibility index (Phi) is 5.48. The molecule has 0 radical (unpaired) electrons. The number of amides is 1. The van der Waals surface area contributed by atoms with Crippen molar-refractivity contribution in [3.05, 3.63) is 89.6 Å². The highest BCUT2D eigenvalue weighted by Gasteiger charge is 2.17. The van der Waals surface area contributed by atoms with Gasteiger partial charge in [-0.25, -0.2) is 9.67 Å². The quantitative estimate of drug-likeness (QED) is 0.491. The van der Waals surface area contributed by atoms with E-state index in [0.29, 0.717) is 5.56 Å². The normalized spacial score (nSPS) is 12.0. The van der Waals surface area contributed by atoms with E-state index in [4.69, 9.17) is 0 Å². The van der Waals surface area contributed by atoms with E-state index in [1.165, 1.54) is 0 Å². The van der Waals surface area contributed by atoms with Crippen molar-refractivity contribution in [2.75, 3.05) is 0 Å². The van der Waals surface area contributed by atoms with Gasteiger partial charge < -0.3 is 10.3 Å². The molecule has 1 unspecified atom stereocenters. The number of nitrogens with zero attached hydrogens (tertiary/aromatic N) is 3. The molecule has 6 heteroatoms. The van der Waals surface area contributed by atoms with Crippen molar-refractivity contribution in [3.63, 3.8) is 0 Å². The van der Waals surface area contributed by atoms with Gasteiger partial charge in [0.15, 0.2) is 0 Å². The molecule has 0 aliphatic heterocycles. The zero-order valence-corrected chi connectivity index (χ0v) is 17.4. The van der Waals surface area contributed by atoms with E-state index < -0.39 is 0 Å². The number of aromatic nitrogens is 4. The number of carbonyl (C=O) groups is 1. The molecular weight excluding hydrogens is 374 g/mol. The second-order valence-corrected chi connectivity index (χ2v) is 7.37. The molecule has 0 fully saturated rings. The first-order chi connectivity index (χ1) is 14.5. The lowest BCUT2D eigenvalue weighted by Crippen LogP contribution is -2.28. The van der Waals surface area contributed by atoms with Crippen molar-refractivity contribution in [2.45, 2.75) is 33.2 Å². The second-order valence-electron chi connectivity index (χ2n) is 7.37. The fourth-order valence-electron chi connectivity index (χ4n) is 3.53. The Bertz CT molecular complexity index is 1140. The smallest absolute Gasteiger partial charge is 0.251 e. The van der Waals surface area contributed by atoms with Crippen LogP contribution in [0.5, 0.6) is 0 Å². The van der Waals surface area contributed by atoms with E-state index in [1.807, 2.05) is 92.3 Å². The number of aromatic amines is 1. The monoisotopic (exact) mass is 399 g/mol. The van der Waals surface area contributed by atoms with Gasteiger partial charge in [0.25, 0.3) is 5.91 Å². The zero-order chi connectivity index (χ0) is 21.1. The van der Waals surface area contributed by atoms with Crippen molar-refractivity contribution < 1.29 is 4.79 Å². The molecule has 2 heterocycles. The molecular formula is C24H25N5O. The van der Waals surface area contributed by atoms with Gasteiger partial charge in [-0.3, -0.25) is 4.79 Å². The number of H-pyrrole nitrogens is 1. The second kappa shape index (κ2) is 8.37. The maximum Gasteiger partial charge on any atom is 0.251 e. The Morgan fingerprint density at radius 1 is 1.10 bits per heavy atom. The molecule has 0 saturated carbocycles. The van der Waals surface area contributed by atoms with Crippen molar-refractivity contribution >= 4 is 5.91 Å². The maximum absolute atomic E-state index is 12.8. The summed E-state index contributed by atoms with van der Waals surface area (Å²) in [5, 5.41) is 7.57. The molecule has 2 aromatic heterocycles. The maximum atomic E-state index is 12.8. The van der Waals surface area contributed by atoms with Gasteiger partial charge in [0.2, 0.25) is 0 Å². The summed E-state index contributed by atoms with van der Waals surface area (Å²) in [6.07, 6.45) is 2.54. The molecule has 2 aromatic carbocycles. The van der Waals surface area contributed by atoms with Crippen LogP contribution in [0.25, 0.3) is 16.9 Å². The third-order valence-electron chi connectivity index (χ3n) is 5.11. The van der Waals surface area contributed by atoms with E-state index in [-0.39, 0.29) is 11.9 Å². The van der Waals surface area contributed by atoms with Gasteiger partial charge in [0.1, 0.15) is 5.82 Å². The summed E-state index contributed by atoms with van der Waals surface area (Å²) in [6.45, 7) is 6.01. The highest BCUT2D eigenvalue weighted by Crippen LogP contribution is 2.21. The van der Waals surface area contributed by atoms with Gasteiger partial charge in [-0.2, -0.15) is 5.10 Å². The predicted octanol–water partition coefficient (Wildman–Crippen LogP) is 4.76. The highest BCUT2D eigenvalue weighted by atomic mass is 16.1. The molecule has 1 amide bonds. The largest absolute Gasteiger partial charge is 0.342 e. The van der Waals surface area contributed by atoms with Crippen LogP contribution in [0.1, 0.15) is 47.0 Å². The molecule has 4 rings (SSSR count). The fraction of sp³-hybridized carbons (Fsp3) is 0.208. The van der Waals surface area contributed by atoms with Crippen LogP contribution in [0.4, 0.5) is 0 Å². The lowest BCUT2D eigenvalue weighted by Gasteiger charge is -2.15. The summed E-state index contributed by atoms with van der Waals surface area (Å²) in [5.41, 5.74) is 5.57. The van der Waals surface area contributed by atoms with Gasteiger partial charge in [0, 0.05) is 11.3 Å². The van der Waals surface area contributed by atoms with Gasteiger partial charge in [0.05, 0.1) is 29.3 Å². The van der Waals surface area contributed by atoms with Crippen LogP contribution in [-0.2, 0) is 0 Å². The summed E-state index contributed by atoms with van der Waals surface area (Å²) < 4.78 is 1.87. The lowest BCUT2D eigenvalue weighted by molar-refractivity contribution is 0.0934. The minimum Gasteiger partial charge on any atom is -0.342 e. The fourth-order valence-corrected chi connectivity index (χ4v) is 3.53. The van der Waals surface area contributed by atoms with Gasteiger partial charge in [-0.1, -0.05) is 37.3 Å². The minimum absolute atomic E-state index is 0.126. The number of carbonyl (C=O) groups excluding carboxylic acids is 1. The molecule has 1 atom stereocenters. The van der Waals surface area contributed by atoms with E-state index in [0.717, 1.165) is 40.6 Å². The molecule has 152 valence electrons. The number of hydrogen-bond donors (Lipinski definition) is 2. The van der Waals surface area contributed by atoms with Crippen molar-refractivity contribution in [3.8, 4) is 16.9 Å². The number of rotatable bonds is 6. The standard InChI is InChI=1S/C24H25N5O/c1-4-21(23-25-15-22(26-23)18-8-6-5-7-9-18)27-24(30)19-10-12-20(13-11-19)29-17(3)14-16(2)28-29/h5-15,21H,4H2,1-3H3,(H,25,26)(H,27,30). The number of hydrogen-bond acceptors (Lipinski definition) is 3. The van der Waals surface area contributed by atoms with Crippen LogP contribution in [0.3, 0.4) is 0 Å². The average molecular weight is 399 g/mol. The third kappa shape index (κ3) is 4.03.